The lowest BCUT2D eigenvalue weighted by Gasteiger charge is -2.28. The molecule has 0 radical (unpaired) electrons. The van der Waals surface area contributed by atoms with Crippen LogP contribution in [-0.4, -0.2) is 55.8 Å². The van der Waals surface area contributed by atoms with E-state index in [2.05, 4.69) is 66.1 Å². The minimum Gasteiger partial charge on any atom is -0.465 e. The Morgan fingerprint density at radius 1 is 0.939 bits per heavy atom. The first-order valence-corrected chi connectivity index (χ1v) is 17.8. The van der Waals surface area contributed by atoms with Gasteiger partial charge in [0.15, 0.2) is 5.71 Å². The van der Waals surface area contributed by atoms with E-state index in [-0.39, 0.29) is 16.2 Å². The summed E-state index contributed by atoms with van der Waals surface area (Å²) in [6.07, 6.45) is 6.88. The molecule has 0 fully saturated rings. The predicted molar refractivity (Wildman–Crippen MR) is 192 cm³/mol. The van der Waals surface area contributed by atoms with Gasteiger partial charge in [-0.3, -0.25) is 14.8 Å². The zero-order valence-electron chi connectivity index (χ0n) is 28.9. The second-order valence-corrected chi connectivity index (χ2v) is 15.0. The first-order valence-electron chi connectivity index (χ1n) is 16.3. The van der Waals surface area contributed by atoms with Crippen LogP contribution in [0.4, 0.5) is 11.4 Å². The molecular weight excluding hydrogens is 641 g/mol. The van der Waals surface area contributed by atoms with E-state index in [1.807, 2.05) is 32.0 Å². The van der Waals surface area contributed by atoms with Crippen LogP contribution in [0.3, 0.4) is 0 Å². The lowest BCUT2D eigenvalue weighted by Crippen LogP contribution is -2.29. The predicted octanol–water partition coefficient (Wildman–Crippen LogP) is 6.04. The highest BCUT2D eigenvalue weighted by Crippen LogP contribution is 2.49. The lowest BCUT2D eigenvalue weighted by atomic mass is 9.79. The van der Waals surface area contributed by atoms with Crippen LogP contribution in [0.15, 0.2) is 89.5 Å². The number of carbonyl (C=O) groups is 2. The number of nitrogens with two attached hydrogens (primary N) is 1. The van der Waals surface area contributed by atoms with Gasteiger partial charge in [-0.1, -0.05) is 50.6 Å². The van der Waals surface area contributed by atoms with Crippen LogP contribution < -0.4 is 16.2 Å². The average molecular weight is 686 g/mol. The van der Waals surface area contributed by atoms with Crippen molar-refractivity contribution in [1.82, 2.24) is 5.43 Å². The number of nitrogens with one attached hydrogen (secondary N) is 1. The Morgan fingerprint density at radius 2 is 1.61 bits per heavy atom. The number of amides is 1. The topological polar surface area (TPSA) is 142 Å². The van der Waals surface area contributed by atoms with Crippen LogP contribution in [0, 0.1) is 0 Å². The molecular formula is C38H45N4O6S+. The third-order valence-corrected chi connectivity index (χ3v) is 10.6. The number of esters is 1. The van der Waals surface area contributed by atoms with E-state index in [9.17, 15) is 22.6 Å². The number of ether oxygens (including phenoxy) is 1. The monoisotopic (exact) mass is 685 g/mol. The number of hydrogen-bond donors (Lipinski definition) is 3. The summed E-state index contributed by atoms with van der Waals surface area (Å²) in [5.41, 5.74) is 9.41. The number of hydrazine groups is 1. The number of allylic oxidation sites excluding steroid dienone is 4. The molecule has 11 heteroatoms. The normalized spacial score (nSPS) is 17.3. The van der Waals surface area contributed by atoms with Crippen LogP contribution in [-0.2, 0) is 30.5 Å². The van der Waals surface area contributed by atoms with E-state index in [1.54, 1.807) is 24.3 Å². The van der Waals surface area contributed by atoms with Crippen molar-refractivity contribution in [2.45, 2.75) is 69.1 Å². The summed E-state index contributed by atoms with van der Waals surface area (Å²) < 4.78 is 41.5. The first-order chi connectivity index (χ1) is 23.1. The van der Waals surface area contributed by atoms with Crippen molar-refractivity contribution in [2.24, 2.45) is 5.84 Å². The maximum absolute atomic E-state index is 12.3. The summed E-state index contributed by atoms with van der Waals surface area (Å²) in [6, 6.07) is 20.4. The maximum atomic E-state index is 12.3. The van der Waals surface area contributed by atoms with Gasteiger partial charge in [0, 0.05) is 47.5 Å². The average Bonchev–Trinajstić information content (AvgIpc) is 3.40. The molecule has 0 saturated heterocycles. The second-order valence-electron chi connectivity index (χ2n) is 13.6. The molecule has 0 spiro atoms. The van der Waals surface area contributed by atoms with Gasteiger partial charge in [0.05, 0.1) is 23.0 Å². The van der Waals surface area contributed by atoms with Crippen LogP contribution >= 0.6 is 0 Å². The highest BCUT2D eigenvalue weighted by molar-refractivity contribution is 7.85. The van der Waals surface area contributed by atoms with Crippen molar-refractivity contribution in [2.75, 3.05) is 25.6 Å². The molecule has 0 unspecified atom stereocenters. The van der Waals surface area contributed by atoms with Gasteiger partial charge in [0.25, 0.3) is 10.1 Å². The summed E-state index contributed by atoms with van der Waals surface area (Å²) in [4.78, 5) is 26.0. The Morgan fingerprint density at radius 3 is 2.24 bits per heavy atom. The number of hydrogen-bond acceptors (Lipinski definition) is 7. The number of unbranched alkanes of at least 4 members (excludes halogenated alkanes) is 2. The SMILES string of the molecule is COC(=O)c1ccc(C(=CC2=[N+](C)c3ccccc3C2(C)C)C=C2N(CCCCCC(=O)NN)c3ccc(S(=O)(=O)O)cc3C2(C)C)cc1. The summed E-state index contributed by atoms with van der Waals surface area (Å²) in [6.45, 7) is 9.11. The Bertz CT molecular complexity index is 1990. The molecule has 5 rings (SSSR count). The van der Waals surface area contributed by atoms with E-state index >= 15 is 0 Å². The second kappa shape index (κ2) is 13.7. The fraction of sp³-hybridized carbons (Fsp3) is 0.342. The largest absolute Gasteiger partial charge is 0.465 e. The summed E-state index contributed by atoms with van der Waals surface area (Å²) in [5.74, 6) is 4.62. The van der Waals surface area contributed by atoms with Crippen molar-refractivity contribution in [3.05, 3.63) is 107 Å². The molecule has 3 aromatic rings. The lowest BCUT2D eigenvalue weighted by molar-refractivity contribution is -0.401. The Balaban J connectivity index is 1.67. The number of benzene rings is 3. The van der Waals surface area contributed by atoms with E-state index in [0.29, 0.717) is 24.9 Å². The van der Waals surface area contributed by atoms with Gasteiger partial charge in [-0.15, -0.1) is 0 Å². The van der Waals surface area contributed by atoms with Gasteiger partial charge >= 0.3 is 5.97 Å². The number of nitrogens with zero attached hydrogens (tertiary/aromatic N) is 2. The third kappa shape index (κ3) is 6.96. The number of anilines is 1. The molecule has 4 N–H and O–H groups in total. The minimum absolute atomic E-state index is 0.162. The summed E-state index contributed by atoms with van der Waals surface area (Å²) in [5, 5.41) is 0. The van der Waals surface area contributed by atoms with Gasteiger partial charge < -0.3 is 9.64 Å². The summed E-state index contributed by atoms with van der Waals surface area (Å²) >= 11 is 0. The number of carbonyl (C=O) groups excluding carboxylic acids is 2. The molecule has 2 heterocycles. The van der Waals surface area contributed by atoms with E-state index in [1.165, 1.54) is 18.7 Å². The highest BCUT2D eigenvalue weighted by atomic mass is 32.2. The molecule has 2 aliphatic rings. The quantitative estimate of drug-likeness (QED) is 0.0422. The van der Waals surface area contributed by atoms with E-state index < -0.39 is 21.5 Å². The van der Waals surface area contributed by atoms with Crippen molar-refractivity contribution in [1.29, 1.82) is 0 Å². The van der Waals surface area contributed by atoms with Gasteiger partial charge in [-0.2, -0.15) is 13.0 Å². The smallest absolute Gasteiger partial charge is 0.337 e. The molecule has 0 aromatic heterocycles. The van der Waals surface area contributed by atoms with Crippen molar-refractivity contribution in [3.63, 3.8) is 0 Å². The number of methoxy groups -OCH3 is 1. The highest BCUT2D eigenvalue weighted by Gasteiger charge is 2.44. The number of rotatable bonds is 11. The van der Waals surface area contributed by atoms with Gasteiger partial charge in [0.2, 0.25) is 11.6 Å². The summed E-state index contributed by atoms with van der Waals surface area (Å²) in [7, 11) is -1.01. The standard InChI is InChI=1S/C38H44N4O6S/c1-37(2)29-12-9-10-13-31(29)41(5)33(37)22-27(25-15-17-26(18-16-25)36(44)48-6)23-34-38(3,4)30-24-28(49(45,46)47)19-20-32(30)42(34)21-11-7-8-14-35(43)40-39/h9-10,12-13,15-20,22-24,39H,7-8,11,14,21H2,1-6H3,(H2,44,45,46,47)/p+1. The molecule has 0 bridgehead atoms. The molecule has 0 aliphatic carbocycles. The van der Waals surface area contributed by atoms with E-state index in [0.717, 1.165) is 52.3 Å². The zero-order valence-corrected chi connectivity index (χ0v) is 29.7. The number of fused-ring (bicyclic) bond motifs is 2. The Hall–Kier alpha value is -4.58. The Labute approximate surface area is 288 Å². The van der Waals surface area contributed by atoms with Gasteiger partial charge in [-0.05, 0) is 79.8 Å². The van der Waals surface area contributed by atoms with Gasteiger partial charge in [0.1, 0.15) is 7.05 Å². The van der Waals surface area contributed by atoms with Crippen molar-refractivity contribution < 1.29 is 31.9 Å². The molecule has 2 aliphatic heterocycles. The van der Waals surface area contributed by atoms with Gasteiger partial charge in [-0.25, -0.2) is 10.6 Å². The first kappa shape index (κ1) is 35.7. The molecule has 3 aromatic carbocycles. The molecule has 49 heavy (non-hydrogen) atoms. The van der Waals surface area contributed by atoms with E-state index in [4.69, 9.17) is 10.6 Å². The Kier molecular flexibility index (Phi) is 10.0. The van der Waals surface area contributed by atoms with Crippen molar-refractivity contribution >= 4 is 44.7 Å². The fourth-order valence-electron chi connectivity index (χ4n) is 7.00. The molecule has 10 nitrogen and oxygen atoms in total. The van der Waals surface area contributed by atoms with Crippen molar-refractivity contribution in [3.8, 4) is 0 Å². The van der Waals surface area contributed by atoms with Crippen LogP contribution in [0.25, 0.3) is 5.57 Å². The molecule has 0 saturated carbocycles. The molecule has 1 amide bonds. The fourth-order valence-corrected chi connectivity index (χ4v) is 7.51. The van der Waals surface area contributed by atoms with Crippen LogP contribution in [0.5, 0.6) is 0 Å². The molecule has 0 atom stereocenters. The number of para-hydroxylation sites is 1. The van der Waals surface area contributed by atoms with Crippen LogP contribution in [0.2, 0.25) is 0 Å². The minimum atomic E-state index is -4.43. The zero-order chi connectivity index (χ0) is 35.7. The molecule has 258 valence electrons. The third-order valence-electron chi connectivity index (χ3n) is 9.77. The maximum Gasteiger partial charge on any atom is 0.337 e. The van der Waals surface area contributed by atoms with Crippen LogP contribution in [0.1, 0.15) is 80.4 Å².